The summed E-state index contributed by atoms with van der Waals surface area (Å²) in [4.78, 5) is 12.0. The lowest BCUT2D eigenvalue weighted by Crippen LogP contribution is -2.63. The minimum absolute atomic E-state index is 0.116. The van der Waals surface area contributed by atoms with Crippen molar-refractivity contribution in [2.45, 2.75) is 52.0 Å². The van der Waals surface area contributed by atoms with Crippen LogP contribution < -0.4 is 0 Å². The second-order valence-corrected chi connectivity index (χ2v) is 6.27. The highest BCUT2D eigenvalue weighted by atomic mass is 19.3. The third-order valence-corrected chi connectivity index (χ3v) is 3.72. The number of alkyl halides is 2. The van der Waals surface area contributed by atoms with E-state index in [0.717, 1.165) is 4.90 Å². The number of carbonyl (C=O) groups is 1. The van der Waals surface area contributed by atoms with E-state index in [1.165, 1.54) is 0 Å². The Kier molecular flexibility index (Phi) is 4.76. The zero-order valence-corrected chi connectivity index (χ0v) is 11.7. The lowest BCUT2D eigenvalue weighted by molar-refractivity contribution is -0.176. The number of rotatable bonds is 3. The standard InChI is InChI=1S/C13H23F2NO3/c1-12(2,3)10-13(14,15)9(5-4-8-17)6-7-16(10)11(18)19/h9-10,17H,4-8H2,1-3H3,(H,18,19). The molecule has 1 aliphatic heterocycles. The number of likely N-dealkylation sites (tertiary alicyclic amines) is 1. The summed E-state index contributed by atoms with van der Waals surface area (Å²) in [6.07, 6.45) is -0.597. The van der Waals surface area contributed by atoms with Gasteiger partial charge in [0.25, 0.3) is 5.92 Å². The van der Waals surface area contributed by atoms with Gasteiger partial charge >= 0.3 is 6.09 Å². The molecule has 1 amide bonds. The number of hydrogen-bond acceptors (Lipinski definition) is 2. The maximum absolute atomic E-state index is 14.6. The fourth-order valence-corrected chi connectivity index (χ4v) is 2.97. The Morgan fingerprint density at radius 3 is 2.42 bits per heavy atom. The number of halogens is 2. The van der Waals surface area contributed by atoms with Crippen LogP contribution in [0.5, 0.6) is 0 Å². The van der Waals surface area contributed by atoms with Crippen LogP contribution in [0.4, 0.5) is 13.6 Å². The number of aliphatic hydroxyl groups is 1. The SMILES string of the molecule is CC(C)(C)C1N(C(=O)O)CCC(CCCO)C1(F)F. The van der Waals surface area contributed by atoms with E-state index in [4.69, 9.17) is 10.2 Å². The summed E-state index contributed by atoms with van der Waals surface area (Å²) in [5.41, 5.74) is -0.834. The van der Waals surface area contributed by atoms with E-state index in [0.29, 0.717) is 6.42 Å². The van der Waals surface area contributed by atoms with Gasteiger partial charge in [-0.05, 0) is 24.7 Å². The fourth-order valence-electron chi connectivity index (χ4n) is 2.97. The molecule has 0 aromatic rings. The Morgan fingerprint density at radius 2 is 2.00 bits per heavy atom. The van der Waals surface area contributed by atoms with Crippen LogP contribution in [0.3, 0.4) is 0 Å². The molecule has 2 unspecified atom stereocenters. The number of hydrogen-bond donors (Lipinski definition) is 2. The molecule has 0 aromatic heterocycles. The predicted octanol–water partition coefficient (Wildman–Crippen LogP) is 2.81. The van der Waals surface area contributed by atoms with Crippen LogP contribution in [0.25, 0.3) is 0 Å². The molecule has 0 aromatic carbocycles. The van der Waals surface area contributed by atoms with Gasteiger partial charge in [0.05, 0.1) is 0 Å². The third-order valence-electron chi connectivity index (χ3n) is 3.72. The zero-order chi connectivity index (χ0) is 14.8. The van der Waals surface area contributed by atoms with Crippen LogP contribution in [-0.4, -0.2) is 46.3 Å². The number of piperidine rings is 1. The minimum Gasteiger partial charge on any atom is -0.465 e. The molecule has 1 rings (SSSR count). The molecule has 2 atom stereocenters. The van der Waals surface area contributed by atoms with Gasteiger partial charge in [0, 0.05) is 19.1 Å². The van der Waals surface area contributed by atoms with E-state index in [-0.39, 0.29) is 26.0 Å². The number of amides is 1. The normalized spacial score (nSPS) is 27.4. The van der Waals surface area contributed by atoms with Crippen molar-refractivity contribution in [3.8, 4) is 0 Å². The molecule has 0 spiro atoms. The molecule has 1 heterocycles. The minimum atomic E-state index is -3.07. The van der Waals surface area contributed by atoms with Crippen molar-refractivity contribution in [3.05, 3.63) is 0 Å². The van der Waals surface area contributed by atoms with Gasteiger partial charge in [-0.2, -0.15) is 0 Å². The van der Waals surface area contributed by atoms with Crippen molar-refractivity contribution < 1.29 is 23.8 Å². The van der Waals surface area contributed by atoms with Crippen molar-refractivity contribution >= 4 is 6.09 Å². The predicted molar refractivity (Wildman–Crippen MR) is 67.3 cm³/mol. The average Bonchev–Trinajstić information content (AvgIpc) is 2.23. The topological polar surface area (TPSA) is 60.8 Å². The quantitative estimate of drug-likeness (QED) is 0.835. The number of nitrogens with zero attached hydrogens (tertiary/aromatic N) is 1. The molecular weight excluding hydrogens is 256 g/mol. The monoisotopic (exact) mass is 279 g/mol. The molecule has 1 fully saturated rings. The van der Waals surface area contributed by atoms with Crippen molar-refractivity contribution in [2.24, 2.45) is 11.3 Å². The molecule has 112 valence electrons. The van der Waals surface area contributed by atoms with E-state index < -0.39 is 29.4 Å². The second-order valence-electron chi connectivity index (χ2n) is 6.27. The summed E-state index contributed by atoms with van der Waals surface area (Å²) in [5.74, 6) is -3.93. The van der Waals surface area contributed by atoms with Gasteiger partial charge in [-0.15, -0.1) is 0 Å². The first-order chi connectivity index (χ1) is 8.62. The van der Waals surface area contributed by atoms with Crippen LogP contribution >= 0.6 is 0 Å². The largest absolute Gasteiger partial charge is 0.465 e. The molecule has 0 aliphatic carbocycles. The molecular formula is C13H23F2NO3. The first-order valence-electron chi connectivity index (χ1n) is 6.60. The highest BCUT2D eigenvalue weighted by Crippen LogP contribution is 2.46. The van der Waals surface area contributed by atoms with Crippen molar-refractivity contribution in [1.82, 2.24) is 4.90 Å². The number of aliphatic hydroxyl groups excluding tert-OH is 1. The van der Waals surface area contributed by atoms with E-state index >= 15 is 0 Å². The summed E-state index contributed by atoms with van der Waals surface area (Å²) >= 11 is 0. The summed E-state index contributed by atoms with van der Waals surface area (Å²) in [6, 6.07) is -1.32. The summed E-state index contributed by atoms with van der Waals surface area (Å²) < 4.78 is 29.2. The molecule has 19 heavy (non-hydrogen) atoms. The van der Waals surface area contributed by atoms with Crippen LogP contribution in [-0.2, 0) is 0 Å². The molecule has 0 bridgehead atoms. The van der Waals surface area contributed by atoms with Crippen molar-refractivity contribution in [2.75, 3.05) is 13.2 Å². The molecule has 0 saturated carbocycles. The lowest BCUT2D eigenvalue weighted by atomic mass is 9.73. The van der Waals surface area contributed by atoms with E-state index in [9.17, 15) is 13.6 Å². The van der Waals surface area contributed by atoms with Gasteiger partial charge in [0.15, 0.2) is 0 Å². The Balaban J connectivity index is 3.03. The maximum Gasteiger partial charge on any atom is 0.407 e. The third kappa shape index (κ3) is 3.35. The van der Waals surface area contributed by atoms with Gasteiger partial charge in [-0.1, -0.05) is 20.8 Å². The summed E-state index contributed by atoms with van der Waals surface area (Å²) in [5, 5.41) is 17.9. The molecule has 0 radical (unpaired) electrons. The zero-order valence-electron chi connectivity index (χ0n) is 11.7. The first-order valence-corrected chi connectivity index (χ1v) is 6.60. The molecule has 1 aliphatic rings. The smallest absolute Gasteiger partial charge is 0.407 e. The van der Waals surface area contributed by atoms with Gasteiger partial charge < -0.3 is 10.2 Å². The first kappa shape index (κ1) is 16.1. The van der Waals surface area contributed by atoms with Gasteiger partial charge in [-0.25, -0.2) is 13.6 Å². The number of carboxylic acid groups (broad SMARTS) is 1. The molecule has 1 saturated heterocycles. The molecule has 4 nitrogen and oxygen atoms in total. The highest BCUT2D eigenvalue weighted by molar-refractivity contribution is 5.66. The Labute approximate surface area is 112 Å². The van der Waals surface area contributed by atoms with Crippen LogP contribution in [0.2, 0.25) is 0 Å². The van der Waals surface area contributed by atoms with Crippen LogP contribution in [0.1, 0.15) is 40.0 Å². The lowest BCUT2D eigenvalue weighted by Gasteiger charge is -2.49. The maximum atomic E-state index is 14.6. The van der Waals surface area contributed by atoms with Gasteiger partial charge in [0.1, 0.15) is 6.04 Å². The Hall–Kier alpha value is -0.910. The van der Waals surface area contributed by atoms with Gasteiger partial charge in [-0.3, -0.25) is 4.90 Å². The van der Waals surface area contributed by atoms with Crippen molar-refractivity contribution in [1.29, 1.82) is 0 Å². The fraction of sp³-hybridized carbons (Fsp3) is 0.923. The van der Waals surface area contributed by atoms with E-state index in [2.05, 4.69) is 0 Å². The summed E-state index contributed by atoms with van der Waals surface area (Å²) in [6.45, 7) is 4.92. The molecule has 2 N–H and O–H groups in total. The van der Waals surface area contributed by atoms with Crippen LogP contribution in [0.15, 0.2) is 0 Å². The van der Waals surface area contributed by atoms with E-state index in [1.54, 1.807) is 20.8 Å². The Bertz CT molecular complexity index is 328. The second kappa shape index (κ2) is 5.61. The van der Waals surface area contributed by atoms with Crippen molar-refractivity contribution in [3.63, 3.8) is 0 Å². The van der Waals surface area contributed by atoms with Crippen LogP contribution in [0, 0.1) is 11.3 Å². The van der Waals surface area contributed by atoms with Gasteiger partial charge in [0.2, 0.25) is 0 Å². The van der Waals surface area contributed by atoms with E-state index in [1.807, 2.05) is 0 Å². The molecule has 6 heteroatoms. The average molecular weight is 279 g/mol. The highest BCUT2D eigenvalue weighted by Gasteiger charge is 2.57. The Morgan fingerprint density at radius 1 is 1.42 bits per heavy atom. The summed E-state index contributed by atoms with van der Waals surface area (Å²) in [7, 11) is 0.